The molecule has 0 spiro atoms. The van der Waals surface area contributed by atoms with Crippen LogP contribution < -0.4 is 9.84 Å². The van der Waals surface area contributed by atoms with Gasteiger partial charge < -0.3 is 18.7 Å². The van der Waals surface area contributed by atoms with Crippen molar-refractivity contribution in [1.29, 1.82) is 0 Å². The van der Waals surface area contributed by atoms with Crippen LogP contribution in [0.25, 0.3) is 0 Å². The summed E-state index contributed by atoms with van der Waals surface area (Å²) in [4.78, 5) is 24.8. The Morgan fingerprint density at radius 3 is 2.76 bits per heavy atom. The topological polar surface area (TPSA) is 77.1 Å². The lowest BCUT2D eigenvalue weighted by Gasteiger charge is -2.27. The Labute approximate surface area is 150 Å². The summed E-state index contributed by atoms with van der Waals surface area (Å²) in [6.45, 7) is 4.11. The lowest BCUT2D eigenvalue weighted by molar-refractivity contribution is -0.120. The minimum absolute atomic E-state index is 0.107. The Balaban J connectivity index is 1.72. The standard InChI is InChI=1S/C17H25N2O5P/c1-4-15(20)18-17(21)19(3)16-12(2)10-14(23-16)11-22-25-24-13-8-6-5-7-9-13/h5-9,12,14,16,25H,4,10-11H2,1-3H3,(H,18,20,21)/t12-,14?,16?/m0/s1. The van der Waals surface area contributed by atoms with Gasteiger partial charge in [-0.25, -0.2) is 4.79 Å². The molecule has 1 saturated heterocycles. The Bertz CT molecular complexity index is 571. The van der Waals surface area contributed by atoms with Gasteiger partial charge in [0.25, 0.3) is 0 Å². The molecule has 1 aliphatic rings. The molecule has 1 heterocycles. The van der Waals surface area contributed by atoms with Gasteiger partial charge in [-0.1, -0.05) is 32.0 Å². The van der Waals surface area contributed by atoms with E-state index in [0.717, 1.165) is 12.2 Å². The van der Waals surface area contributed by atoms with E-state index in [-0.39, 0.29) is 39.6 Å². The lowest BCUT2D eigenvalue weighted by Crippen LogP contribution is -2.47. The summed E-state index contributed by atoms with van der Waals surface area (Å²) in [5, 5.41) is 2.33. The van der Waals surface area contributed by atoms with Crippen LogP contribution in [0.15, 0.2) is 30.3 Å². The van der Waals surface area contributed by atoms with Gasteiger partial charge in [-0.2, -0.15) is 0 Å². The first-order valence-corrected chi connectivity index (χ1v) is 9.13. The van der Waals surface area contributed by atoms with Gasteiger partial charge >= 0.3 is 6.03 Å². The van der Waals surface area contributed by atoms with Crippen LogP contribution in [0.3, 0.4) is 0 Å². The fourth-order valence-corrected chi connectivity index (χ4v) is 3.15. The number of ether oxygens (including phenoxy) is 1. The summed E-state index contributed by atoms with van der Waals surface area (Å²) in [6, 6.07) is 9.01. The molecule has 0 radical (unpaired) electrons. The Morgan fingerprint density at radius 2 is 2.08 bits per heavy atom. The molecule has 1 N–H and O–H groups in total. The van der Waals surface area contributed by atoms with Crippen LogP contribution in [0.4, 0.5) is 4.79 Å². The highest BCUT2D eigenvalue weighted by molar-refractivity contribution is 7.26. The highest BCUT2D eigenvalue weighted by Gasteiger charge is 2.37. The van der Waals surface area contributed by atoms with Gasteiger partial charge in [0.2, 0.25) is 14.9 Å². The van der Waals surface area contributed by atoms with Crippen molar-refractivity contribution < 1.29 is 23.4 Å². The zero-order chi connectivity index (χ0) is 18.2. The third-order valence-corrected chi connectivity index (χ3v) is 4.56. The van der Waals surface area contributed by atoms with Gasteiger partial charge in [0.15, 0.2) is 0 Å². The van der Waals surface area contributed by atoms with E-state index in [1.165, 1.54) is 4.90 Å². The van der Waals surface area contributed by atoms with Crippen LogP contribution in [0.5, 0.6) is 5.75 Å². The second-order valence-electron chi connectivity index (χ2n) is 5.99. The highest BCUT2D eigenvalue weighted by atomic mass is 31.1. The molecule has 1 aliphatic heterocycles. The monoisotopic (exact) mass is 368 g/mol. The second-order valence-corrected chi connectivity index (χ2v) is 6.65. The van der Waals surface area contributed by atoms with Crippen LogP contribution in [-0.2, 0) is 14.1 Å². The van der Waals surface area contributed by atoms with E-state index in [1.54, 1.807) is 14.0 Å². The zero-order valence-electron chi connectivity index (χ0n) is 14.7. The van der Waals surface area contributed by atoms with E-state index >= 15 is 0 Å². The molecule has 4 atom stereocenters. The van der Waals surface area contributed by atoms with Crippen molar-refractivity contribution in [3.63, 3.8) is 0 Å². The van der Waals surface area contributed by atoms with Gasteiger partial charge in [0.05, 0.1) is 12.7 Å². The SMILES string of the molecule is CCC(=O)NC(=O)N(C)C1OC(COPOc2ccccc2)C[C@@H]1C. The molecule has 8 heteroatoms. The number of rotatable bonds is 7. The maximum absolute atomic E-state index is 12.0. The molecule has 3 amide bonds. The first-order valence-electron chi connectivity index (χ1n) is 8.32. The molecule has 7 nitrogen and oxygen atoms in total. The minimum atomic E-state index is -0.445. The third kappa shape index (κ3) is 5.96. The van der Waals surface area contributed by atoms with Crippen molar-refractivity contribution in [3.8, 4) is 5.75 Å². The van der Waals surface area contributed by atoms with Crippen molar-refractivity contribution in [2.75, 3.05) is 13.7 Å². The maximum Gasteiger partial charge on any atom is 0.325 e. The number of carbonyl (C=O) groups is 2. The third-order valence-electron chi connectivity index (χ3n) is 3.95. The summed E-state index contributed by atoms with van der Waals surface area (Å²) >= 11 is 0. The first-order chi connectivity index (χ1) is 12.0. The summed E-state index contributed by atoms with van der Waals surface area (Å²) in [5.74, 6) is 0.609. The quantitative estimate of drug-likeness (QED) is 0.591. The predicted octanol–water partition coefficient (Wildman–Crippen LogP) is 2.92. The van der Waals surface area contributed by atoms with Crippen LogP contribution >= 0.6 is 9.03 Å². The number of para-hydroxylation sites is 1. The predicted molar refractivity (Wildman–Crippen MR) is 95.4 cm³/mol. The van der Waals surface area contributed by atoms with Crippen molar-refractivity contribution in [3.05, 3.63) is 30.3 Å². The molecule has 1 fully saturated rings. The average molecular weight is 368 g/mol. The molecule has 1 aromatic carbocycles. The lowest BCUT2D eigenvalue weighted by atomic mass is 10.1. The summed E-state index contributed by atoms with van der Waals surface area (Å²) < 4.78 is 16.9. The Kier molecular flexibility index (Phi) is 7.62. The van der Waals surface area contributed by atoms with E-state index in [2.05, 4.69) is 5.32 Å². The van der Waals surface area contributed by atoms with E-state index < -0.39 is 6.03 Å². The molecule has 138 valence electrons. The van der Waals surface area contributed by atoms with E-state index in [9.17, 15) is 9.59 Å². The van der Waals surface area contributed by atoms with E-state index in [0.29, 0.717) is 6.61 Å². The van der Waals surface area contributed by atoms with Gasteiger partial charge in [-0.15, -0.1) is 0 Å². The van der Waals surface area contributed by atoms with Gasteiger partial charge in [0.1, 0.15) is 12.0 Å². The number of imide groups is 1. The van der Waals surface area contributed by atoms with Crippen molar-refractivity contribution in [2.45, 2.75) is 39.0 Å². The molecule has 25 heavy (non-hydrogen) atoms. The average Bonchev–Trinajstić information content (AvgIpc) is 2.99. The smallest absolute Gasteiger partial charge is 0.325 e. The number of nitrogens with zero attached hydrogens (tertiary/aromatic N) is 1. The van der Waals surface area contributed by atoms with Crippen LogP contribution in [-0.4, -0.2) is 42.8 Å². The molecule has 1 aromatic rings. The van der Waals surface area contributed by atoms with Gasteiger partial charge in [-0.05, 0) is 18.6 Å². The summed E-state index contributed by atoms with van der Waals surface area (Å²) in [6.07, 6.45) is 0.555. The van der Waals surface area contributed by atoms with Crippen LogP contribution in [0, 0.1) is 5.92 Å². The molecular formula is C17H25N2O5P. The summed E-state index contributed by atoms with van der Waals surface area (Å²) in [5.41, 5.74) is 0. The number of nitrogens with one attached hydrogen (secondary N) is 1. The van der Waals surface area contributed by atoms with Crippen molar-refractivity contribution >= 4 is 21.0 Å². The number of benzene rings is 1. The number of amides is 3. The minimum Gasteiger partial charge on any atom is -0.450 e. The maximum atomic E-state index is 12.0. The highest BCUT2D eigenvalue weighted by Crippen LogP contribution is 2.30. The molecular weight excluding hydrogens is 343 g/mol. The fraction of sp³-hybridized carbons (Fsp3) is 0.529. The van der Waals surface area contributed by atoms with Gasteiger partial charge in [0, 0.05) is 19.4 Å². The molecule has 2 rings (SSSR count). The van der Waals surface area contributed by atoms with E-state index in [4.69, 9.17) is 13.8 Å². The van der Waals surface area contributed by atoms with Crippen molar-refractivity contribution in [1.82, 2.24) is 10.2 Å². The molecule has 0 bridgehead atoms. The van der Waals surface area contributed by atoms with Crippen LogP contribution in [0.1, 0.15) is 26.7 Å². The Morgan fingerprint density at radius 1 is 1.36 bits per heavy atom. The zero-order valence-corrected chi connectivity index (χ0v) is 15.7. The molecule has 3 unspecified atom stereocenters. The molecule has 0 aliphatic carbocycles. The number of hydrogen-bond donors (Lipinski definition) is 1. The summed E-state index contributed by atoms with van der Waals surface area (Å²) in [7, 11) is 1.52. The first kappa shape index (κ1) is 19.6. The fourth-order valence-electron chi connectivity index (χ4n) is 2.60. The molecule has 0 saturated carbocycles. The van der Waals surface area contributed by atoms with E-state index in [1.807, 2.05) is 37.3 Å². The molecule has 0 aromatic heterocycles. The number of carbonyl (C=O) groups excluding carboxylic acids is 2. The van der Waals surface area contributed by atoms with Crippen LogP contribution in [0.2, 0.25) is 0 Å². The number of hydrogen-bond acceptors (Lipinski definition) is 5. The normalized spacial score (nSPS) is 22.9. The van der Waals surface area contributed by atoms with Crippen molar-refractivity contribution in [2.24, 2.45) is 5.92 Å². The second kappa shape index (κ2) is 9.70. The largest absolute Gasteiger partial charge is 0.450 e. The Hall–Kier alpha value is -1.69. The van der Waals surface area contributed by atoms with Gasteiger partial charge in [-0.3, -0.25) is 10.1 Å². The number of urea groups is 1.